The molecule has 0 bridgehead atoms. The van der Waals surface area contributed by atoms with Gasteiger partial charge < -0.3 is 20.1 Å². The van der Waals surface area contributed by atoms with Crippen LogP contribution < -0.4 is 10.6 Å². The second kappa shape index (κ2) is 13.1. The van der Waals surface area contributed by atoms with Crippen LogP contribution in [0.2, 0.25) is 25.7 Å². The summed E-state index contributed by atoms with van der Waals surface area (Å²) in [5, 5.41) is 10.2. The molecule has 0 unspecified atom stereocenters. The molecular formula is C30H48N4O4Si. The van der Waals surface area contributed by atoms with E-state index in [-0.39, 0.29) is 5.92 Å². The molecule has 1 fully saturated rings. The minimum atomic E-state index is -1.83. The highest BCUT2D eigenvalue weighted by Crippen LogP contribution is 2.30. The molecule has 8 nitrogen and oxygen atoms in total. The minimum Gasteiger partial charge on any atom is -0.444 e. The summed E-state index contributed by atoms with van der Waals surface area (Å²) in [6.07, 6.45) is 3.58. The Bertz CT molecular complexity index is 1160. The Labute approximate surface area is 236 Å². The van der Waals surface area contributed by atoms with Crippen LogP contribution in [0.1, 0.15) is 65.6 Å². The number of aromatic nitrogens is 2. The van der Waals surface area contributed by atoms with Crippen molar-refractivity contribution in [2.45, 2.75) is 111 Å². The standard InChI is InChI=1S/C30H48N4O4Si/c1-21-26(22(2)34(33-21)20-37-18-19-39(6,7)8)23-14-16-25(17-15-23)31-28(35)27(24-12-10-9-11-13-24)32-29(36)38-30(3,4)5/h14-17,24,27H,9-13,18-20H2,1-8H3,(H,31,35)(H,32,36)/t27-/m0/s1/i27D. The predicted octanol–water partition coefficient (Wildman–Crippen LogP) is 6.89. The molecule has 39 heavy (non-hydrogen) atoms. The van der Waals surface area contributed by atoms with E-state index >= 15 is 0 Å². The fraction of sp³-hybridized carbons (Fsp3) is 0.633. The van der Waals surface area contributed by atoms with E-state index in [0.29, 0.717) is 25.3 Å². The summed E-state index contributed by atoms with van der Waals surface area (Å²) in [6.45, 7) is 17.5. The van der Waals surface area contributed by atoms with Crippen molar-refractivity contribution >= 4 is 25.8 Å². The van der Waals surface area contributed by atoms with Crippen molar-refractivity contribution in [3.63, 3.8) is 0 Å². The number of rotatable bonds is 10. The molecule has 3 rings (SSSR count). The summed E-state index contributed by atoms with van der Waals surface area (Å²) >= 11 is 0. The second-order valence-electron chi connectivity index (χ2n) is 12.8. The Kier molecular flexibility index (Phi) is 9.88. The van der Waals surface area contributed by atoms with Crippen molar-refractivity contribution in [3.8, 4) is 11.1 Å². The van der Waals surface area contributed by atoms with Crippen molar-refractivity contribution in [2.75, 3.05) is 11.9 Å². The lowest BCUT2D eigenvalue weighted by Gasteiger charge is -2.31. The lowest BCUT2D eigenvalue weighted by molar-refractivity contribution is -0.119. The van der Waals surface area contributed by atoms with Crippen LogP contribution >= 0.6 is 0 Å². The number of nitrogens with one attached hydrogen (secondary N) is 2. The summed E-state index contributed by atoms with van der Waals surface area (Å²) in [7, 11) is -1.15. The van der Waals surface area contributed by atoms with Gasteiger partial charge >= 0.3 is 6.09 Å². The number of hydrogen-bond donors (Lipinski definition) is 2. The van der Waals surface area contributed by atoms with Crippen LogP contribution in [-0.2, 0) is 21.0 Å². The first-order chi connectivity index (χ1) is 18.6. The van der Waals surface area contributed by atoms with E-state index in [9.17, 15) is 9.59 Å². The fourth-order valence-electron chi connectivity index (χ4n) is 4.84. The predicted molar refractivity (Wildman–Crippen MR) is 160 cm³/mol. The first-order valence-corrected chi connectivity index (χ1v) is 17.8. The van der Waals surface area contributed by atoms with Gasteiger partial charge in [0.15, 0.2) is 0 Å². The highest BCUT2D eigenvalue weighted by Gasteiger charge is 2.32. The maximum atomic E-state index is 13.5. The van der Waals surface area contributed by atoms with E-state index in [1.807, 2.05) is 42.8 Å². The van der Waals surface area contributed by atoms with Crippen LogP contribution in [0.3, 0.4) is 0 Å². The number of ether oxygens (including phenoxy) is 2. The summed E-state index contributed by atoms with van der Waals surface area (Å²) in [5.41, 5.74) is 3.78. The molecule has 9 heteroatoms. The molecule has 0 spiro atoms. The average molecular weight is 558 g/mol. The van der Waals surface area contributed by atoms with Crippen LogP contribution in [0.4, 0.5) is 10.5 Å². The van der Waals surface area contributed by atoms with Gasteiger partial charge in [0.05, 0.1) is 7.06 Å². The van der Waals surface area contributed by atoms with Crippen LogP contribution in [0.5, 0.6) is 0 Å². The molecule has 1 heterocycles. The van der Waals surface area contributed by atoms with Crippen molar-refractivity contribution in [1.82, 2.24) is 15.1 Å². The molecular weight excluding hydrogens is 508 g/mol. The van der Waals surface area contributed by atoms with Gasteiger partial charge in [0.1, 0.15) is 18.3 Å². The number of alkyl carbamates (subject to hydrolysis) is 1. The smallest absolute Gasteiger partial charge is 0.408 e. The average Bonchev–Trinajstić information content (AvgIpc) is 3.13. The largest absolute Gasteiger partial charge is 0.444 e. The van der Waals surface area contributed by atoms with E-state index in [4.69, 9.17) is 10.8 Å². The zero-order valence-electron chi connectivity index (χ0n) is 26.1. The molecule has 2 N–H and O–H groups in total. The van der Waals surface area contributed by atoms with Crippen LogP contribution in [0.25, 0.3) is 11.1 Å². The number of carbonyl (C=O) groups excluding carboxylic acids is 2. The zero-order valence-corrected chi connectivity index (χ0v) is 26.1. The van der Waals surface area contributed by atoms with Crippen molar-refractivity contribution in [2.24, 2.45) is 5.92 Å². The van der Waals surface area contributed by atoms with E-state index in [1.165, 1.54) is 0 Å². The van der Waals surface area contributed by atoms with Gasteiger partial charge in [0, 0.05) is 31.6 Å². The Morgan fingerprint density at radius 1 is 1.13 bits per heavy atom. The topological polar surface area (TPSA) is 94.5 Å². The van der Waals surface area contributed by atoms with E-state index < -0.39 is 31.7 Å². The van der Waals surface area contributed by atoms with Gasteiger partial charge in [-0.15, -0.1) is 0 Å². The highest BCUT2D eigenvalue weighted by molar-refractivity contribution is 6.76. The lowest BCUT2D eigenvalue weighted by atomic mass is 9.83. The SMILES string of the molecule is [2H][C@@](NC(=O)OC(C)(C)C)(C(=O)Nc1ccc(-c2c(C)nn(COCC[Si](C)(C)C)c2C)cc1)C1CCCCC1. The fourth-order valence-corrected chi connectivity index (χ4v) is 5.59. The summed E-state index contributed by atoms with van der Waals surface area (Å²) in [5.74, 6) is -0.856. The molecule has 1 saturated carbocycles. The molecule has 1 aliphatic carbocycles. The number of amides is 2. The number of hydrogen-bond acceptors (Lipinski definition) is 5. The summed E-state index contributed by atoms with van der Waals surface area (Å²) in [4.78, 5) is 26.1. The zero-order chi connectivity index (χ0) is 29.7. The Balaban J connectivity index is 1.73. The van der Waals surface area contributed by atoms with Crippen LogP contribution in [0.15, 0.2) is 24.3 Å². The molecule has 0 saturated heterocycles. The third-order valence-electron chi connectivity index (χ3n) is 6.92. The van der Waals surface area contributed by atoms with E-state index in [1.54, 1.807) is 20.8 Å². The highest BCUT2D eigenvalue weighted by atomic mass is 28.3. The number of carbonyl (C=O) groups is 2. The van der Waals surface area contributed by atoms with Gasteiger partial charge in [0.25, 0.3) is 0 Å². The third-order valence-corrected chi connectivity index (χ3v) is 8.62. The molecule has 0 radical (unpaired) electrons. The molecule has 216 valence electrons. The molecule has 0 aliphatic heterocycles. The summed E-state index contributed by atoms with van der Waals surface area (Å²) in [6, 6.07) is 6.81. The molecule has 2 amide bonds. The van der Waals surface area contributed by atoms with Crippen molar-refractivity contribution < 1.29 is 20.4 Å². The van der Waals surface area contributed by atoms with Gasteiger partial charge in [-0.05, 0) is 77.1 Å². The van der Waals surface area contributed by atoms with Gasteiger partial charge in [0.2, 0.25) is 5.91 Å². The maximum absolute atomic E-state index is 13.5. The molecule has 1 aromatic carbocycles. The number of benzene rings is 1. The summed E-state index contributed by atoms with van der Waals surface area (Å²) < 4.78 is 22.3. The van der Waals surface area contributed by atoms with Gasteiger partial charge in [-0.3, -0.25) is 4.79 Å². The van der Waals surface area contributed by atoms with Crippen molar-refractivity contribution in [3.05, 3.63) is 35.7 Å². The third kappa shape index (κ3) is 9.49. The molecule has 1 atom stereocenters. The van der Waals surface area contributed by atoms with Gasteiger partial charge in [-0.25, -0.2) is 9.48 Å². The van der Waals surface area contributed by atoms with Crippen LogP contribution in [-0.4, -0.2) is 48.1 Å². The number of nitrogens with zero attached hydrogens (tertiary/aromatic N) is 2. The van der Waals surface area contributed by atoms with Crippen molar-refractivity contribution in [1.29, 1.82) is 0 Å². The Morgan fingerprint density at radius 3 is 2.36 bits per heavy atom. The first kappa shape index (κ1) is 29.3. The molecule has 1 aromatic heterocycles. The Morgan fingerprint density at radius 2 is 1.77 bits per heavy atom. The van der Waals surface area contributed by atoms with Gasteiger partial charge in [-0.1, -0.05) is 51.0 Å². The first-order valence-electron chi connectivity index (χ1n) is 14.6. The lowest BCUT2D eigenvalue weighted by Crippen LogP contribution is -2.50. The molecule has 2 aromatic rings. The maximum Gasteiger partial charge on any atom is 0.408 e. The normalized spacial score (nSPS) is 16.8. The number of aryl methyl sites for hydroxylation is 1. The number of anilines is 1. The minimum absolute atomic E-state index is 0.294. The monoisotopic (exact) mass is 557 g/mol. The second-order valence-corrected chi connectivity index (χ2v) is 18.4. The Hall–Kier alpha value is -2.65. The van der Waals surface area contributed by atoms with Crippen LogP contribution in [0, 0.1) is 19.8 Å². The quantitative estimate of drug-likeness (QED) is 0.245. The van der Waals surface area contributed by atoms with E-state index in [0.717, 1.165) is 54.4 Å². The molecule has 1 aliphatic rings. The van der Waals surface area contributed by atoms with E-state index in [2.05, 4.69) is 35.4 Å². The van der Waals surface area contributed by atoms with Gasteiger partial charge in [-0.2, -0.15) is 5.10 Å².